The van der Waals surface area contributed by atoms with Gasteiger partial charge in [0.1, 0.15) is 5.75 Å². The highest BCUT2D eigenvalue weighted by molar-refractivity contribution is 5.94. The number of aryl methyl sites for hydroxylation is 2. The van der Waals surface area contributed by atoms with Gasteiger partial charge in [0.2, 0.25) is 0 Å². The Morgan fingerprint density at radius 2 is 1.92 bits per heavy atom. The minimum absolute atomic E-state index is 0.160. The first-order chi connectivity index (χ1) is 11.5. The number of rotatable bonds is 7. The SMILES string of the molecule is CCCCOc1ccc(C(=O)NCc2c(C)cc(C)[nH]c2=O)cc1. The molecule has 0 saturated carbocycles. The molecule has 1 aromatic heterocycles. The fourth-order valence-electron chi connectivity index (χ4n) is 2.41. The molecule has 24 heavy (non-hydrogen) atoms. The molecule has 0 aliphatic heterocycles. The predicted molar refractivity (Wildman–Crippen MR) is 94.6 cm³/mol. The number of aromatic nitrogens is 1. The summed E-state index contributed by atoms with van der Waals surface area (Å²) in [5.74, 6) is 0.542. The zero-order valence-electron chi connectivity index (χ0n) is 14.4. The number of aromatic amines is 1. The summed E-state index contributed by atoms with van der Waals surface area (Å²) in [5.41, 5.74) is 2.64. The lowest BCUT2D eigenvalue weighted by Crippen LogP contribution is -2.27. The van der Waals surface area contributed by atoms with Crippen LogP contribution in [0.2, 0.25) is 0 Å². The smallest absolute Gasteiger partial charge is 0.253 e. The molecule has 0 unspecified atom stereocenters. The maximum absolute atomic E-state index is 12.2. The molecule has 0 aliphatic rings. The average Bonchev–Trinajstić information content (AvgIpc) is 2.54. The monoisotopic (exact) mass is 328 g/mol. The first kappa shape index (κ1) is 17.8. The minimum atomic E-state index is -0.213. The lowest BCUT2D eigenvalue weighted by Gasteiger charge is -2.09. The zero-order valence-corrected chi connectivity index (χ0v) is 14.4. The highest BCUT2D eigenvalue weighted by Gasteiger charge is 2.09. The molecular formula is C19H24N2O3. The first-order valence-electron chi connectivity index (χ1n) is 8.21. The Labute approximate surface area is 142 Å². The molecule has 0 atom stereocenters. The van der Waals surface area contributed by atoms with Crippen LogP contribution in [0, 0.1) is 13.8 Å². The molecule has 0 fully saturated rings. The van der Waals surface area contributed by atoms with E-state index in [1.54, 1.807) is 24.3 Å². The molecule has 0 bridgehead atoms. The van der Waals surface area contributed by atoms with Gasteiger partial charge in [-0.15, -0.1) is 0 Å². The van der Waals surface area contributed by atoms with Crippen molar-refractivity contribution in [2.45, 2.75) is 40.2 Å². The van der Waals surface area contributed by atoms with Gasteiger partial charge in [-0.3, -0.25) is 9.59 Å². The number of hydrogen-bond donors (Lipinski definition) is 2. The second-order valence-electron chi connectivity index (χ2n) is 5.85. The number of nitrogens with one attached hydrogen (secondary N) is 2. The summed E-state index contributed by atoms with van der Waals surface area (Å²) < 4.78 is 5.58. The Kier molecular flexibility index (Phi) is 6.18. The molecule has 0 radical (unpaired) electrons. The number of hydrogen-bond acceptors (Lipinski definition) is 3. The van der Waals surface area contributed by atoms with Crippen LogP contribution in [-0.4, -0.2) is 17.5 Å². The fourth-order valence-corrected chi connectivity index (χ4v) is 2.41. The Balaban J connectivity index is 1.97. The molecule has 2 N–H and O–H groups in total. The van der Waals surface area contributed by atoms with E-state index >= 15 is 0 Å². The van der Waals surface area contributed by atoms with E-state index in [9.17, 15) is 9.59 Å². The van der Waals surface area contributed by atoms with Crippen LogP contribution in [0.3, 0.4) is 0 Å². The number of benzene rings is 1. The van der Waals surface area contributed by atoms with E-state index < -0.39 is 0 Å². The van der Waals surface area contributed by atoms with Gasteiger partial charge in [0.15, 0.2) is 0 Å². The highest BCUT2D eigenvalue weighted by Crippen LogP contribution is 2.13. The number of carbonyl (C=O) groups excluding carboxylic acids is 1. The maximum atomic E-state index is 12.2. The summed E-state index contributed by atoms with van der Waals surface area (Å²) in [6, 6.07) is 8.92. The third-order valence-corrected chi connectivity index (χ3v) is 3.80. The lowest BCUT2D eigenvalue weighted by atomic mass is 10.1. The lowest BCUT2D eigenvalue weighted by molar-refractivity contribution is 0.0950. The van der Waals surface area contributed by atoms with Gasteiger partial charge in [0, 0.05) is 23.4 Å². The van der Waals surface area contributed by atoms with Gasteiger partial charge in [-0.05, 0) is 56.2 Å². The van der Waals surface area contributed by atoms with Crippen molar-refractivity contribution in [2.75, 3.05) is 6.61 Å². The van der Waals surface area contributed by atoms with E-state index in [-0.39, 0.29) is 18.0 Å². The summed E-state index contributed by atoms with van der Waals surface area (Å²) in [6.45, 7) is 6.69. The van der Waals surface area contributed by atoms with Crippen molar-refractivity contribution in [3.05, 3.63) is 63.1 Å². The summed E-state index contributed by atoms with van der Waals surface area (Å²) >= 11 is 0. The van der Waals surface area contributed by atoms with Crippen LogP contribution in [-0.2, 0) is 6.54 Å². The van der Waals surface area contributed by atoms with Gasteiger partial charge in [0.05, 0.1) is 6.61 Å². The molecular weight excluding hydrogens is 304 g/mol. The second kappa shape index (κ2) is 8.34. The molecule has 5 nitrogen and oxygen atoms in total. The van der Waals surface area contributed by atoms with Crippen molar-refractivity contribution in [3.8, 4) is 5.75 Å². The van der Waals surface area contributed by atoms with Crippen LogP contribution in [0.25, 0.3) is 0 Å². The molecule has 1 aromatic carbocycles. The van der Waals surface area contributed by atoms with Crippen LogP contribution < -0.4 is 15.6 Å². The van der Waals surface area contributed by atoms with E-state index in [1.165, 1.54) is 0 Å². The summed E-state index contributed by atoms with van der Waals surface area (Å²) in [6.07, 6.45) is 2.09. The van der Waals surface area contributed by atoms with Crippen LogP contribution >= 0.6 is 0 Å². The van der Waals surface area contributed by atoms with Gasteiger partial charge in [0.25, 0.3) is 11.5 Å². The third-order valence-electron chi connectivity index (χ3n) is 3.80. The topological polar surface area (TPSA) is 71.2 Å². The Morgan fingerprint density at radius 3 is 2.54 bits per heavy atom. The standard InChI is InChI=1S/C19H24N2O3/c1-4-5-10-24-16-8-6-15(7-9-16)18(22)20-12-17-13(2)11-14(3)21-19(17)23/h6-9,11H,4-5,10,12H2,1-3H3,(H,20,22)(H,21,23). The van der Waals surface area contributed by atoms with Crippen molar-refractivity contribution in [2.24, 2.45) is 0 Å². The molecule has 1 amide bonds. The zero-order chi connectivity index (χ0) is 17.5. The number of carbonyl (C=O) groups is 1. The number of H-pyrrole nitrogens is 1. The summed E-state index contributed by atoms with van der Waals surface area (Å²) in [5, 5.41) is 2.79. The molecule has 2 aromatic rings. The second-order valence-corrected chi connectivity index (χ2v) is 5.85. The largest absolute Gasteiger partial charge is 0.494 e. The van der Waals surface area contributed by atoms with Crippen molar-refractivity contribution in [1.82, 2.24) is 10.3 Å². The third kappa shape index (κ3) is 4.72. The van der Waals surface area contributed by atoms with Gasteiger partial charge < -0.3 is 15.0 Å². The molecule has 5 heteroatoms. The van der Waals surface area contributed by atoms with Gasteiger partial charge in [-0.1, -0.05) is 13.3 Å². The van der Waals surface area contributed by atoms with Gasteiger partial charge in [-0.2, -0.15) is 0 Å². The minimum Gasteiger partial charge on any atom is -0.494 e. The Morgan fingerprint density at radius 1 is 1.21 bits per heavy atom. The predicted octanol–water partition coefficient (Wildman–Crippen LogP) is 3.10. The van der Waals surface area contributed by atoms with Crippen LogP contribution in [0.1, 0.15) is 46.9 Å². The molecule has 2 rings (SSSR count). The number of amides is 1. The maximum Gasteiger partial charge on any atom is 0.253 e. The van der Waals surface area contributed by atoms with Crippen LogP contribution in [0.5, 0.6) is 5.75 Å². The van der Waals surface area contributed by atoms with E-state index in [2.05, 4.69) is 17.2 Å². The Hall–Kier alpha value is -2.56. The summed E-state index contributed by atoms with van der Waals surface area (Å²) in [4.78, 5) is 26.9. The fraction of sp³-hybridized carbons (Fsp3) is 0.368. The van der Waals surface area contributed by atoms with Crippen LogP contribution in [0.15, 0.2) is 35.1 Å². The molecule has 0 spiro atoms. The number of unbranched alkanes of at least 4 members (excludes halogenated alkanes) is 1. The molecule has 128 valence electrons. The molecule has 0 aliphatic carbocycles. The molecule has 1 heterocycles. The summed E-state index contributed by atoms with van der Waals surface area (Å²) in [7, 11) is 0. The van der Waals surface area contributed by atoms with E-state index in [0.717, 1.165) is 29.8 Å². The first-order valence-corrected chi connectivity index (χ1v) is 8.21. The van der Waals surface area contributed by atoms with Crippen molar-refractivity contribution in [1.29, 1.82) is 0 Å². The average molecular weight is 328 g/mol. The van der Waals surface area contributed by atoms with Crippen molar-refractivity contribution >= 4 is 5.91 Å². The van der Waals surface area contributed by atoms with E-state index in [0.29, 0.717) is 17.7 Å². The molecule has 0 saturated heterocycles. The normalized spacial score (nSPS) is 10.5. The highest BCUT2D eigenvalue weighted by atomic mass is 16.5. The van der Waals surface area contributed by atoms with Crippen LogP contribution in [0.4, 0.5) is 0 Å². The van der Waals surface area contributed by atoms with Gasteiger partial charge >= 0.3 is 0 Å². The van der Waals surface area contributed by atoms with Crippen molar-refractivity contribution in [3.63, 3.8) is 0 Å². The van der Waals surface area contributed by atoms with E-state index in [1.807, 2.05) is 19.9 Å². The number of ether oxygens (including phenoxy) is 1. The number of pyridine rings is 1. The quantitative estimate of drug-likeness (QED) is 0.767. The van der Waals surface area contributed by atoms with Gasteiger partial charge in [-0.25, -0.2) is 0 Å². The van der Waals surface area contributed by atoms with E-state index in [4.69, 9.17) is 4.74 Å². The Bertz CT molecular complexity index is 748. The van der Waals surface area contributed by atoms with Crippen molar-refractivity contribution < 1.29 is 9.53 Å².